The van der Waals surface area contributed by atoms with Crippen LogP contribution < -0.4 is 5.32 Å². The van der Waals surface area contributed by atoms with Crippen LogP contribution in [0.2, 0.25) is 0 Å². The summed E-state index contributed by atoms with van der Waals surface area (Å²) in [5.74, 6) is 0. The van der Waals surface area contributed by atoms with Crippen LogP contribution in [-0.4, -0.2) is 15.3 Å². The molecule has 17 heavy (non-hydrogen) atoms. The molecule has 1 aromatic heterocycles. The summed E-state index contributed by atoms with van der Waals surface area (Å²) in [6, 6.07) is 2.11. The van der Waals surface area contributed by atoms with E-state index in [4.69, 9.17) is 0 Å². The van der Waals surface area contributed by atoms with E-state index in [9.17, 15) is 0 Å². The second-order valence-corrected chi connectivity index (χ2v) is 5.71. The molecule has 1 aromatic rings. The summed E-state index contributed by atoms with van der Waals surface area (Å²) in [6.07, 6.45) is 7.06. The summed E-state index contributed by atoms with van der Waals surface area (Å²) < 4.78 is 2.13. The molecule has 0 amide bonds. The standard InChI is InChI=1S/C14H27N3/c1-5-6-7-8-11-17-13(9-10-16-17)12-15-14(2,3)4/h9-10,15H,5-8,11-12H2,1-4H3. The van der Waals surface area contributed by atoms with Gasteiger partial charge in [-0.25, -0.2) is 0 Å². The first kappa shape index (κ1) is 14.2. The highest BCUT2D eigenvalue weighted by Gasteiger charge is 2.10. The Morgan fingerprint density at radius 3 is 2.65 bits per heavy atom. The number of aryl methyl sites for hydroxylation is 1. The molecule has 1 N–H and O–H groups in total. The van der Waals surface area contributed by atoms with Gasteiger partial charge in [0.25, 0.3) is 0 Å². The molecule has 3 heteroatoms. The van der Waals surface area contributed by atoms with Crippen molar-refractivity contribution in [3.05, 3.63) is 18.0 Å². The second kappa shape index (κ2) is 6.80. The maximum absolute atomic E-state index is 4.39. The molecule has 0 radical (unpaired) electrons. The lowest BCUT2D eigenvalue weighted by Gasteiger charge is -2.20. The number of nitrogens with zero attached hydrogens (tertiary/aromatic N) is 2. The van der Waals surface area contributed by atoms with E-state index in [0.29, 0.717) is 0 Å². The summed E-state index contributed by atoms with van der Waals surface area (Å²) in [5, 5.41) is 7.90. The van der Waals surface area contributed by atoms with Gasteiger partial charge in [0.1, 0.15) is 0 Å². The van der Waals surface area contributed by atoms with Crippen LogP contribution in [0.4, 0.5) is 0 Å². The van der Waals surface area contributed by atoms with E-state index >= 15 is 0 Å². The van der Waals surface area contributed by atoms with E-state index < -0.39 is 0 Å². The SMILES string of the molecule is CCCCCCn1nccc1CNC(C)(C)C. The molecule has 0 aliphatic rings. The first-order valence-electron chi connectivity index (χ1n) is 6.78. The number of hydrogen-bond donors (Lipinski definition) is 1. The molecule has 1 heterocycles. The molecule has 0 saturated carbocycles. The third-order valence-corrected chi connectivity index (χ3v) is 2.83. The van der Waals surface area contributed by atoms with Gasteiger partial charge in [-0.15, -0.1) is 0 Å². The van der Waals surface area contributed by atoms with Crippen LogP contribution in [0.3, 0.4) is 0 Å². The Balaban J connectivity index is 2.37. The van der Waals surface area contributed by atoms with Crippen LogP contribution in [-0.2, 0) is 13.1 Å². The Bertz CT molecular complexity index is 310. The maximum Gasteiger partial charge on any atom is 0.0522 e. The lowest BCUT2D eigenvalue weighted by atomic mass is 10.1. The average Bonchev–Trinajstić information content (AvgIpc) is 2.68. The van der Waals surface area contributed by atoms with Gasteiger partial charge >= 0.3 is 0 Å². The Morgan fingerprint density at radius 2 is 2.00 bits per heavy atom. The van der Waals surface area contributed by atoms with Gasteiger partial charge < -0.3 is 5.32 Å². The molecule has 0 atom stereocenters. The number of unbranched alkanes of at least 4 members (excludes halogenated alkanes) is 3. The molecule has 0 aromatic carbocycles. The van der Waals surface area contributed by atoms with Crippen LogP contribution in [0.5, 0.6) is 0 Å². The third-order valence-electron chi connectivity index (χ3n) is 2.83. The fraction of sp³-hybridized carbons (Fsp3) is 0.786. The molecule has 0 aliphatic carbocycles. The van der Waals surface area contributed by atoms with Gasteiger partial charge in [-0.3, -0.25) is 4.68 Å². The fourth-order valence-electron chi connectivity index (χ4n) is 1.76. The Morgan fingerprint density at radius 1 is 1.24 bits per heavy atom. The topological polar surface area (TPSA) is 29.9 Å². The number of rotatable bonds is 7. The Hall–Kier alpha value is -0.830. The highest BCUT2D eigenvalue weighted by atomic mass is 15.3. The first-order chi connectivity index (χ1) is 8.03. The maximum atomic E-state index is 4.39. The highest BCUT2D eigenvalue weighted by Crippen LogP contribution is 2.07. The molecule has 98 valence electrons. The summed E-state index contributed by atoms with van der Waals surface area (Å²) in [6.45, 7) is 10.8. The van der Waals surface area contributed by atoms with Gasteiger partial charge in [0, 0.05) is 24.8 Å². The van der Waals surface area contributed by atoms with Crippen molar-refractivity contribution in [3.63, 3.8) is 0 Å². The van der Waals surface area contributed by atoms with Crippen LogP contribution in [0.15, 0.2) is 12.3 Å². The Labute approximate surface area is 106 Å². The van der Waals surface area contributed by atoms with Crippen molar-refractivity contribution >= 4 is 0 Å². The molecule has 0 saturated heterocycles. The highest BCUT2D eigenvalue weighted by molar-refractivity contribution is 5.00. The predicted molar refractivity (Wildman–Crippen MR) is 73.0 cm³/mol. The molecule has 0 spiro atoms. The van der Waals surface area contributed by atoms with Crippen molar-refractivity contribution in [1.29, 1.82) is 0 Å². The van der Waals surface area contributed by atoms with Crippen molar-refractivity contribution < 1.29 is 0 Å². The van der Waals surface area contributed by atoms with Crippen LogP contribution >= 0.6 is 0 Å². The molecular formula is C14H27N3. The van der Waals surface area contributed by atoms with Crippen molar-refractivity contribution in [1.82, 2.24) is 15.1 Å². The largest absolute Gasteiger partial charge is 0.306 e. The zero-order valence-corrected chi connectivity index (χ0v) is 11.8. The van der Waals surface area contributed by atoms with Crippen LogP contribution in [0.25, 0.3) is 0 Å². The first-order valence-corrected chi connectivity index (χ1v) is 6.78. The van der Waals surface area contributed by atoms with Crippen molar-refractivity contribution in [2.24, 2.45) is 0 Å². The minimum absolute atomic E-state index is 0.164. The van der Waals surface area contributed by atoms with Gasteiger partial charge in [0.05, 0.1) is 5.69 Å². The summed E-state index contributed by atoms with van der Waals surface area (Å²) in [4.78, 5) is 0. The quantitative estimate of drug-likeness (QED) is 0.737. The van der Waals surface area contributed by atoms with Gasteiger partial charge in [0.2, 0.25) is 0 Å². The van der Waals surface area contributed by atoms with E-state index in [1.807, 2.05) is 6.20 Å². The van der Waals surface area contributed by atoms with Crippen molar-refractivity contribution in [2.75, 3.05) is 0 Å². The molecule has 0 bridgehead atoms. The zero-order valence-electron chi connectivity index (χ0n) is 11.8. The molecule has 0 fully saturated rings. The average molecular weight is 237 g/mol. The second-order valence-electron chi connectivity index (χ2n) is 5.71. The molecule has 0 unspecified atom stereocenters. The minimum atomic E-state index is 0.164. The summed E-state index contributed by atoms with van der Waals surface area (Å²) in [5.41, 5.74) is 1.45. The fourth-order valence-corrected chi connectivity index (χ4v) is 1.76. The Kier molecular flexibility index (Phi) is 5.69. The third kappa shape index (κ3) is 5.87. The molecular weight excluding hydrogens is 210 g/mol. The minimum Gasteiger partial charge on any atom is -0.306 e. The summed E-state index contributed by atoms with van der Waals surface area (Å²) in [7, 11) is 0. The van der Waals surface area contributed by atoms with E-state index in [2.05, 4.69) is 48.9 Å². The van der Waals surface area contributed by atoms with Gasteiger partial charge in [0.15, 0.2) is 0 Å². The van der Waals surface area contributed by atoms with E-state index in [1.54, 1.807) is 0 Å². The molecule has 0 aliphatic heterocycles. The van der Waals surface area contributed by atoms with Crippen molar-refractivity contribution in [2.45, 2.75) is 72.0 Å². The number of aromatic nitrogens is 2. The van der Waals surface area contributed by atoms with Gasteiger partial charge in [-0.2, -0.15) is 5.10 Å². The van der Waals surface area contributed by atoms with Gasteiger partial charge in [-0.05, 0) is 33.3 Å². The monoisotopic (exact) mass is 237 g/mol. The number of hydrogen-bond acceptors (Lipinski definition) is 2. The molecule has 1 rings (SSSR count). The zero-order chi connectivity index (χ0) is 12.7. The normalized spacial score (nSPS) is 12.0. The van der Waals surface area contributed by atoms with Crippen molar-refractivity contribution in [3.8, 4) is 0 Å². The smallest absolute Gasteiger partial charge is 0.0522 e. The predicted octanol–water partition coefficient (Wildman–Crippen LogP) is 3.35. The van der Waals surface area contributed by atoms with Crippen LogP contribution in [0, 0.1) is 0 Å². The van der Waals surface area contributed by atoms with Gasteiger partial charge in [-0.1, -0.05) is 26.2 Å². The number of nitrogens with one attached hydrogen (secondary N) is 1. The van der Waals surface area contributed by atoms with E-state index in [-0.39, 0.29) is 5.54 Å². The lowest BCUT2D eigenvalue weighted by Crippen LogP contribution is -2.35. The lowest BCUT2D eigenvalue weighted by molar-refractivity contribution is 0.409. The summed E-state index contributed by atoms with van der Waals surface area (Å²) >= 11 is 0. The van der Waals surface area contributed by atoms with Crippen LogP contribution in [0.1, 0.15) is 59.1 Å². The molecule has 3 nitrogen and oxygen atoms in total. The van der Waals surface area contributed by atoms with E-state index in [1.165, 1.54) is 31.4 Å². The van der Waals surface area contributed by atoms with E-state index in [0.717, 1.165) is 13.1 Å².